The molecule has 2 rings (SSSR count). The summed E-state index contributed by atoms with van der Waals surface area (Å²) in [6.07, 6.45) is 0. The van der Waals surface area contributed by atoms with Crippen LogP contribution in [-0.4, -0.2) is 91.9 Å². The zero-order valence-electron chi connectivity index (χ0n) is 13.3. The minimum absolute atomic E-state index is 0. The Kier molecular flexibility index (Phi) is 9.88. The van der Waals surface area contributed by atoms with Crippen LogP contribution in [0.2, 0.25) is 0 Å². The van der Waals surface area contributed by atoms with Gasteiger partial charge in [0, 0.05) is 0 Å². The molecule has 0 aliphatic heterocycles. The smallest absolute Gasteiger partial charge is 0.744 e. The molecule has 10 nitrogen and oxygen atoms in total. The summed E-state index contributed by atoms with van der Waals surface area (Å²) >= 11 is 0. The molecule has 0 saturated carbocycles. The zero-order valence-corrected chi connectivity index (χ0v) is 19.4. The van der Waals surface area contributed by atoms with Crippen LogP contribution in [0.3, 0.4) is 0 Å². The third-order valence-electron chi connectivity index (χ3n) is 2.78. The van der Waals surface area contributed by atoms with Crippen molar-refractivity contribution in [1.29, 1.82) is 0 Å². The number of carbonyl (C=O) groups excluding carboxylic acids is 1. The summed E-state index contributed by atoms with van der Waals surface area (Å²) in [5, 5.41) is 18.7. The summed E-state index contributed by atoms with van der Waals surface area (Å²) in [5.74, 6) is -2.57. The van der Waals surface area contributed by atoms with Crippen molar-refractivity contribution in [3.05, 3.63) is 59.7 Å². The van der Waals surface area contributed by atoms with E-state index in [0.717, 1.165) is 48.5 Å². The SMILES string of the molecule is O=C(O)c1ccc(S(=O)(=O)O)cc1.O=C([O-])c1ccc(S(=O)(=O)[O-])cc1.[Ba+2]. The van der Waals surface area contributed by atoms with Crippen LogP contribution in [0.15, 0.2) is 58.3 Å². The molecule has 0 atom stereocenters. The molecular weight excluding hydrogens is 530 g/mol. The normalized spacial score (nSPS) is 10.7. The van der Waals surface area contributed by atoms with E-state index in [9.17, 15) is 36.1 Å². The van der Waals surface area contributed by atoms with Crippen molar-refractivity contribution < 1.29 is 45.7 Å². The van der Waals surface area contributed by atoms with Crippen molar-refractivity contribution in [2.75, 3.05) is 0 Å². The number of benzene rings is 2. The maximum Gasteiger partial charge on any atom is 2.00 e. The van der Waals surface area contributed by atoms with Crippen LogP contribution in [0, 0.1) is 0 Å². The van der Waals surface area contributed by atoms with E-state index in [1.165, 1.54) is 0 Å². The van der Waals surface area contributed by atoms with Crippen molar-refractivity contribution in [1.82, 2.24) is 0 Å². The van der Waals surface area contributed by atoms with Gasteiger partial charge >= 0.3 is 54.9 Å². The fourth-order valence-electron chi connectivity index (χ4n) is 1.53. The van der Waals surface area contributed by atoms with Crippen molar-refractivity contribution in [3.63, 3.8) is 0 Å². The van der Waals surface area contributed by atoms with Crippen LogP contribution in [0.4, 0.5) is 0 Å². The van der Waals surface area contributed by atoms with Gasteiger partial charge in [-0.1, -0.05) is 12.1 Å². The number of hydrogen-bond donors (Lipinski definition) is 2. The van der Waals surface area contributed by atoms with Gasteiger partial charge in [0.2, 0.25) is 0 Å². The van der Waals surface area contributed by atoms with Crippen LogP contribution in [0.1, 0.15) is 20.7 Å². The van der Waals surface area contributed by atoms with Crippen LogP contribution in [0.5, 0.6) is 0 Å². The Labute approximate surface area is 194 Å². The third-order valence-corrected chi connectivity index (χ3v) is 4.50. The second-order valence-electron chi connectivity index (χ2n) is 4.57. The first kappa shape index (κ1) is 25.8. The summed E-state index contributed by atoms with van der Waals surface area (Å²) in [7, 11) is -8.75. The minimum atomic E-state index is -4.51. The van der Waals surface area contributed by atoms with Gasteiger partial charge < -0.3 is 19.6 Å². The Morgan fingerprint density at radius 1 is 0.778 bits per heavy atom. The van der Waals surface area contributed by atoms with Gasteiger partial charge in [0.05, 0.1) is 21.3 Å². The molecule has 0 heterocycles. The van der Waals surface area contributed by atoms with Gasteiger partial charge in [-0.15, -0.1) is 0 Å². The molecule has 0 spiro atoms. The van der Waals surface area contributed by atoms with E-state index in [2.05, 4.69) is 0 Å². The van der Waals surface area contributed by atoms with Crippen LogP contribution in [0.25, 0.3) is 0 Å². The van der Waals surface area contributed by atoms with E-state index in [1.54, 1.807) is 0 Å². The average Bonchev–Trinajstić information content (AvgIpc) is 2.54. The zero-order chi connectivity index (χ0) is 20.1. The predicted octanol–water partition coefficient (Wildman–Crippen LogP) is -0.795. The molecule has 27 heavy (non-hydrogen) atoms. The number of rotatable bonds is 4. The third kappa shape index (κ3) is 8.54. The monoisotopic (exact) mass is 540 g/mol. The molecule has 2 aromatic carbocycles. The Morgan fingerprint density at radius 3 is 1.44 bits per heavy atom. The van der Waals surface area contributed by atoms with E-state index in [0.29, 0.717) is 0 Å². The van der Waals surface area contributed by atoms with Gasteiger partial charge in [0.1, 0.15) is 10.1 Å². The maximum absolute atomic E-state index is 10.5. The standard InChI is InChI=1S/2C7H6O5S.Ba/c2*8-7(9)5-1-3-6(4-2-5)13(10,11)12;/h2*1-4H,(H,8,9)(H,10,11,12);/q;;+2/p-2. The van der Waals surface area contributed by atoms with E-state index < -0.39 is 37.1 Å². The first-order chi connectivity index (χ1) is 11.8. The summed E-state index contributed by atoms with van der Waals surface area (Å²) < 4.78 is 60.8. The summed E-state index contributed by atoms with van der Waals surface area (Å²) in [6, 6.07) is 8.11. The van der Waals surface area contributed by atoms with E-state index in [1.807, 2.05) is 0 Å². The number of carbonyl (C=O) groups is 2. The van der Waals surface area contributed by atoms with E-state index in [-0.39, 0.29) is 64.9 Å². The predicted molar refractivity (Wildman–Crippen MR) is 87.7 cm³/mol. The fraction of sp³-hybridized carbons (Fsp3) is 0. The molecule has 2 N–H and O–H groups in total. The number of aromatic carboxylic acids is 2. The molecule has 0 aliphatic rings. The topological polar surface area (TPSA) is 189 Å². The van der Waals surface area contributed by atoms with Crippen LogP contribution in [-0.2, 0) is 20.2 Å². The van der Waals surface area contributed by atoms with Crippen molar-refractivity contribution in [2.24, 2.45) is 0 Å². The number of hydrogen-bond acceptors (Lipinski definition) is 8. The Hall–Kier alpha value is -1.23. The minimum Gasteiger partial charge on any atom is -0.744 e. The molecule has 0 radical (unpaired) electrons. The van der Waals surface area contributed by atoms with Crippen LogP contribution < -0.4 is 5.11 Å². The van der Waals surface area contributed by atoms with Crippen molar-refractivity contribution >= 4 is 81.1 Å². The molecule has 13 heteroatoms. The van der Waals surface area contributed by atoms with E-state index >= 15 is 0 Å². The maximum atomic E-state index is 10.5. The molecule has 0 bridgehead atoms. The molecule has 0 aromatic heterocycles. The quantitative estimate of drug-likeness (QED) is 0.368. The van der Waals surface area contributed by atoms with E-state index in [4.69, 9.17) is 9.66 Å². The Morgan fingerprint density at radius 2 is 1.15 bits per heavy atom. The van der Waals surface area contributed by atoms with Crippen molar-refractivity contribution in [3.8, 4) is 0 Å². The molecule has 0 amide bonds. The molecular formula is C14H10BaO10S2. The second kappa shape index (κ2) is 10.4. The fourth-order valence-corrected chi connectivity index (χ4v) is 2.48. The summed E-state index contributed by atoms with van der Waals surface area (Å²) in [5.41, 5.74) is -0.209. The molecule has 0 unspecified atom stereocenters. The van der Waals surface area contributed by atoms with Gasteiger partial charge in [0.25, 0.3) is 10.1 Å². The second-order valence-corrected chi connectivity index (χ2v) is 7.37. The number of carboxylic acids is 2. The molecule has 140 valence electrons. The summed E-state index contributed by atoms with van der Waals surface area (Å²) in [4.78, 5) is 19.8. The largest absolute Gasteiger partial charge is 2.00 e. The van der Waals surface area contributed by atoms with Crippen molar-refractivity contribution in [2.45, 2.75) is 9.79 Å². The summed E-state index contributed by atoms with van der Waals surface area (Å²) in [6.45, 7) is 0. The average molecular weight is 540 g/mol. The van der Waals surface area contributed by atoms with Gasteiger partial charge in [-0.3, -0.25) is 4.55 Å². The first-order valence-electron chi connectivity index (χ1n) is 6.40. The molecule has 0 saturated heterocycles. The molecule has 0 fully saturated rings. The first-order valence-corrected chi connectivity index (χ1v) is 9.25. The molecule has 2 aromatic rings. The van der Waals surface area contributed by atoms with Gasteiger partial charge in [-0.2, -0.15) is 8.42 Å². The molecule has 0 aliphatic carbocycles. The van der Waals surface area contributed by atoms with Gasteiger partial charge in [0.15, 0.2) is 0 Å². The van der Waals surface area contributed by atoms with Crippen LogP contribution >= 0.6 is 0 Å². The Bertz CT molecular complexity index is 925. The Balaban J connectivity index is 0.000000483. The number of carboxylic acid groups (broad SMARTS) is 2. The van der Waals surface area contributed by atoms with Gasteiger partial charge in [-0.05, 0) is 42.0 Å². The van der Waals surface area contributed by atoms with Gasteiger partial charge in [-0.25, -0.2) is 13.2 Å².